The molecule has 0 saturated carbocycles. The van der Waals surface area contributed by atoms with E-state index in [4.69, 9.17) is 5.73 Å². The molecule has 1 aromatic rings. The molecule has 0 spiro atoms. The molecule has 5 atom stereocenters. The summed E-state index contributed by atoms with van der Waals surface area (Å²) in [6.07, 6.45) is 0.884. The molecule has 1 aromatic carbocycles. The highest BCUT2D eigenvalue weighted by Gasteiger charge is 2.32. The molecule has 0 radical (unpaired) electrons. The third-order valence-electron chi connectivity index (χ3n) is 4.75. The predicted octanol–water partition coefficient (Wildman–Crippen LogP) is -1.78. The number of nitrogens with two attached hydrogens (primary N) is 1. The Labute approximate surface area is 196 Å². The fraction of sp³-hybridized carbons (Fsp3) is 0.524. The van der Waals surface area contributed by atoms with Gasteiger partial charge in [-0.1, -0.05) is 30.3 Å². The van der Waals surface area contributed by atoms with Crippen molar-refractivity contribution < 1.29 is 34.5 Å². The molecule has 0 bridgehead atoms. The van der Waals surface area contributed by atoms with Gasteiger partial charge in [0.05, 0.1) is 18.8 Å². The van der Waals surface area contributed by atoms with Gasteiger partial charge in [0.25, 0.3) is 0 Å². The van der Waals surface area contributed by atoms with Gasteiger partial charge in [-0.25, -0.2) is 4.79 Å². The van der Waals surface area contributed by atoms with Crippen molar-refractivity contribution in [2.45, 2.75) is 50.0 Å². The van der Waals surface area contributed by atoms with Crippen LogP contribution in [0.5, 0.6) is 0 Å². The molecule has 0 heterocycles. The van der Waals surface area contributed by atoms with Gasteiger partial charge in [0.15, 0.2) is 0 Å². The molecule has 11 nitrogen and oxygen atoms in total. The van der Waals surface area contributed by atoms with Crippen molar-refractivity contribution in [1.29, 1.82) is 0 Å². The molecule has 0 aliphatic carbocycles. The fourth-order valence-electron chi connectivity index (χ4n) is 2.82. The SMILES string of the molecule is CSCCC(N)C(=O)NC(C(=O)NC(CO)C(=O)NC(Cc1ccccc1)C(=O)O)C(C)O. The van der Waals surface area contributed by atoms with Crippen LogP contribution in [-0.4, -0.2) is 87.9 Å². The van der Waals surface area contributed by atoms with Crippen molar-refractivity contribution in [3.63, 3.8) is 0 Å². The van der Waals surface area contributed by atoms with E-state index in [0.717, 1.165) is 0 Å². The minimum absolute atomic E-state index is 0.00566. The number of hydrogen-bond donors (Lipinski definition) is 7. The van der Waals surface area contributed by atoms with Gasteiger partial charge in [-0.2, -0.15) is 11.8 Å². The summed E-state index contributed by atoms with van der Waals surface area (Å²) in [7, 11) is 0. The quantitative estimate of drug-likeness (QED) is 0.160. The molecule has 33 heavy (non-hydrogen) atoms. The first-order chi connectivity index (χ1) is 15.6. The molecule has 0 fully saturated rings. The number of aliphatic hydroxyl groups excluding tert-OH is 2. The molecule has 3 amide bonds. The smallest absolute Gasteiger partial charge is 0.326 e. The zero-order chi connectivity index (χ0) is 25.0. The number of carbonyl (C=O) groups is 4. The number of aliphatic carboxylic acids is 1. The Kier molecular flexibility index (Phi) is 12.4. The van der Waals surface area contributed by atoms with Gasteiger partial charge in [0.1, 0.15) is 18.1 Å². The van der Waals surface area contributed by atoms with E-state index in [9.17, 15) is 34.5 Å². The molecule has 8 N–H and O–H groups in total. The Morgan fingerprint density at radius 2 is 1.61 bits per heavy atom. The Hall–Kier alpha value is -2.67. The molecular formula is C21H32N4O7S. The standard InChI is InChI=1S/C21H32N4O7S/c1-12(27)17(25-18(28)14(22)8-9-33-2)20(30)24-16(11-26)19(29)23-15(21(31)32)10-13-6-4-3-5-7-13/h3-7,12,14-17,26-27H,8-11,22H2,1-2H3,(H,23,29)(H,24,30)(H,25,28)(H,31,32). The van der Waals surface area contributed by atoms with E-state index in [1.807, 2.05) is 6.26 Å². The van der Waals surface area contributed by atoms with Crippen LogP contribution in [0.4, 0.5) is 0 Å². The van der Waals surface area contributed by atoms with Crippen LogP contribution in [0.25, 0.3) is 0 Å². The van der Waals surface area contributed by atoms with E-state index < -0.39 is 60.6 Å². The van der Waals surface area contributed by atoms with Crippen molar-refractivity contribution >= 4 is 35.5 Å². The van der Waals surface area contributed by atoms with Crippen LogP contribution in [0.1, 0.15) is 18.9 Å². The topological polar surface area (TPSA) is 191 Å². The first-order valence-corrected chi connectivity index (χ1v) is 11.7. The number of thioether (sulfide) groups is 1. The van der Waals surface area contributed by atoms with E-state index >= 15 is 0 Å². The summed E-state index contributed by atoms with van der Waals surface area (Å²) in [4.78, 5) is 48.9. The Bertz CT molecular complexity index is 794. The molecule has 0 aliphatic rings. The minimum atomic E-state index is -1.50. The van der Waals surface area contributed by atoms with Gasteiger partial charge in [-0.3, -0.25) is 14.4 Å². The largest absolute Gasteiger partial charge is 0.480 e. The van der Waals surface area contributed by atoms with E-state index in [1.54, 1.807) is 30.3 Å². The first kappa shape index (κ1) is 28.4. The van der Waals surface area contributed by atoms with E-state index in [-0.39, 0.29) is 6.42 Å². The van der Waals surface area contributed by atoms with Crippen LogP contribution in [0.3, 0.4) is 0 Å². The molecule has 1 rings (SSSR count). The van der Waals surface area contributed by atoms with Crippen LogP contribution in [0, 0.1) is 0 Å². The molecule has 0 saturated heterocycles. The van der Waals surface area contributed by atoms with Crippen LogP contribution in [-0.2, 0) is 25.6 Å². The number of amides is 3. The lowest BCUT2D eigenvalue weighted by atomic mass is 10.1. The summed E-state index contributed by atoms with van der Waals surface area (Å²) in [5.74, 6) is -3.17. The summed E-state index contributed by atoms with van der Waals surface area (Å²) in [5.41, 5.74) is 6.45. The summed E-state index contributed by atoms with van der Waals surface area (Å²) < 4.78 is 0. The van der Waals surface area contributed by atoms with Crippen molar-refractivity contribution in [3.05, 3.63) is 35.9 Å². The van der Waals surface area contributed by atoms with E-state index in [0.29, 0.717) is 17.7 Å². The highest BCUT2D eigenvalue weighted by Crippen LogP contribution is 2.05. The van der Waals surface area contributed by atoms with Crippen molar-refractivity contribution in [1.82, 2.24) is 16.0 Å². The number of rotatable bonds is 14. The monoisotopic (exact) mass is 484 g/mol. The Morgan fingerprint density at radius 1 is 1.00 bits per heavy atom. The lowest BCUT2D eigenvalue weighted by Crippen LogP contribution is -2.60. The molecule has 184 valence electrons. The van der Waals surface area contributed by atoms with Crippen LogP contribution in [0.15, 0.2) is 30.3 Å². The van der Waals surface area contributed by atoms with Crippen molar-refractivity contribution in [2.75, 3.05) is 18.6 Å². The van der Waals surface area contributed by atoms with Gasteiger partial charge >= 0.3 is 5.97 Å². The zero-order valence-electron chi connectivity index (χ0n) is 18.6. The minimum Gasteiger partial charge on any atom is -0.480 e. The number of hydrogen-bond acceptors (Lipinski definition) is 8. The maximum atomic E-state index is 12.6. The van der Waals surface area contributed by atoms with Gasteiger partial charge in [-0.05, 0) is 30.9 Å². The fourth-order valence-corrected chi connectivity index (χ4v) is 3.31. The Balaban J connectivity index is 2.81. The second kappa shape index (κ2) is 14.5. The van der Waals surface area contributed by atoms with E-state index in [1.165, 1.54) is 18.7 Å². The average molecular weight is 485 g/mol. The lowest BCUT2D eigenvalue weighted by molar-refractivity contribution is -0.142. The second-order valence-corrected chi connectivity index (χ2v) is 8.43. The Morgan fingerprint density at radius 3 is 2.12 bits per heavy atom. The lowest BCUT2D eigenvalue weighted by Gasteiger charge is -2.25. The van der Waals surface area contributed by atoms with Crippen LogP contribution < -0.4 is 21.7 Å². The average Bonchev–Trinajstić information content (AvgIpc) is 2.78. The third-order valence-corrected chi connectivity index (χ3v) is 5.39. The number of carbonyl (C=O) groups excluding carboxylic acids is 3. The highest BCUT2D eigenvalue weighted by molar-refractivity contribution is 7.98. The first-order valence-electron chi connectivity index (χ1n) is 10.3. The summed E-state index contributed by atoms with van der Waals surface area (Å²) in [5, 5.41) is 35.8. The van der Waals surface area contributed by atoms with Crippen molar-refractivity contribution in [3.8, 4) is 0 Å². The number of benzene rings is 1. The van der Waals surface area contributed by atoms with Crippen LogP contribution in [0.2, 0.25) is 0 Å². The van der Waals surface area contributed by atoms with E-state index in [2.05, 4.69) is 16.0 Å². The predicted molar refractivity (Wildman–Crippen MR) is 123 cm³/mol. The molecular weight excluding hydrogens is 452 g/mol. The van der Waals surface area contributed by atoms with Gasteiger partial charge in [-0.15, -0.1) is 0 Å². The maximum absolute atomic E-state index is 12.6. The number of nitrogens with one attached hydrogen (secondary N) is 3. The van der Waals surface area contributed by atoms with Crippen LogP contribution >= 0.6 is 11.8 Å². The highest BCUT2D eigenvalue weighted by atomic mass is 32.2. The molecule has 0 aromatic heterocycles. The number of aliphatic hydroxyl groups is 2. The number of carboxylic acid groups (broad SMARTS) is 1. The summed E-state index contributed by atoms with van der Waals surface area (Å²) >= 11 is 1.50. The van der Waals surface area contributed by atoms with Gasteiger partial charge in [0.2, 0.25) is 17.7 Å². The van der Waals surface area contributed by atoms with Crippen molar-refractivity contribution in [2.24, 2.45) is 5.73 Å². The normalized spacial score (nSPS) is 15.4. The third kappa shape index (κ3) is 9.78. The second-order valence-electron chi connectivity index (χ2n) is 7.45. The zero-order valence-corrected chi connectivity index (χ0v) is 19.4. The van der Waals surface area contributed by atoms with Gasteiger partial charge < -0.3 is 37.0 Å². The van der Waals surface area contributed by atoms with Gasteiger partial charge in [0, 0.05) is 6.42 Å². The molecule has 0 aliphatic heterocycles. The summed E-state index contributed by atoms with van der Waals surface area (Å²) in [6.45, 7) is 0.440. The maximum Gasteiger partial charge on any atom is 0.326 e. The molecule has 5 unspecified atom stereocenters. The number of carboxylic acids is 1. The molecule has 12 heteroatoms. The summed E-state index contributed by atoms with van der Waals surface area (Å²) in [6, 6.07) is 3.50.